The smallest absolute Gasteiger partial charge is 0.328 e. The number of rotatable bonds is 8. The Bertz CT molecular complexity index is 372. The standard InChI is InChI=1S/C9H16N4O6/c10-2-7(16)12-4(1-6(11)15)8(17)13-5(3-14)9(18)19/h4-5,14H,1-3,10H2,(H2,11,15)(H,12,16)(H,13,17)(H,18,19)/t4-,5-/m0/s1. The number of hydrogen-bond donors (Lipinski definition) is 6. The van der Waals surface area contributed by atoms with E-state index < -0.39 is 55.3 Å². The normalized spacial score (nSPS) is 13.2. The predicted octanol–water partition coefficient (Wildman–Crippen LogP) is -4.13. The summed E-state index contributed by atoms with van der Waals surface area (Å²) < 4.78 is 0. The Labute approximate surface area is 108 Å². The molecule has 0 rings (SSSR count). The van der Waals surface area contributed by atoms with Crippen molar-refractivity contribution in [1.82, 2.24) is 10.6 Å². The first-order valence-electron chi connectivity index (χ1n) is 5.23. The molecule has 0 aliphatic rings. The Hall–Kier alpha value is -2.20. The SMILES string of the molecule is NCC(=O)N[C@@H](CC(N)=O)C(=O)N[C@@H](CO)C(=O)O. The average Bonchev–Trinajstić information content (AvgIpc) is 2.33. The number of amides is 3. The van der Waals surface area contributed by atoms with Gasteiger partial charge in [-0.05, 0) is 0 Å². The molecule has 2 atom stereocenters. The lowest BCUT2D eigenvalue weighted by Crippen LogP contribution is -2.54. The van der Waals surface area contributed by atoms with Crippen LogP contribution in [0.25, 0.3) is 0 Å². The topological polar surface area (TPSA) is 185 Å². The largest absolute Gasteiger partial charge is 0.480 e. The van der Waals surface area contributed by atoms with Crippen molar-refractivity contribution in [2.75, 3.05) is 13.2 Å². The van der Waals surface area contributed by atoms with Crippen molar-refractivity contribution in [3.05, 3.63) is 0 Å². The number of aliphatic carboxylic acids is 1. The molecule has 0 aliphatic heterocycles. The van der Waals surface area contributed by atoms with Crippen molar-refractivity contribution in [3.8, 4) is 0 Å². The van der Waals surface area contributed by atoms with Crippen LogP contribution in [0.15, 0.2) is 0 Å². The minimum absolute atomic E-state index is 0.412. The molecule has 0 saturated carbocycles. The van der Waals surface area contributed by atoms with Crippen LogP contribution in [0.5, 0.6) is 0 Å². The summed E-state index contributed by atoms with van der Waals surface area (Å²) in [5, 5.41) is 21.4. The minimum Gasteiger partial charge on any atom is -0.480 e. The van der Waals surface area contributed by atoms with Crippen LogP contribution in [0.1, 0.15) is 6.42 Å². The maximum atomic E-state index is 11.7. The van der Waals surface area contributed by atoms with Gasteiger partial charge in [-0.25, -0.2) is 4.79 Å². The molecule has 0 heterocycles. The summed E-state index contributed by atoms with van der Waals surface area (Å²) in [6, 6.07) is -2.89. The van der Waals surface area contributed by atoms with Crippen molar-refractivity contribution >= 4 is 23.7 Å². The van der Waals surface area contributed by atoms with Gasteiger partial charge in [-0.15, -0.1) is 0 Å². The second kappa shape index (κ2) is 8.00. The maximum Gasteiger partial charge on any atom is 0.328 e. The quantitative estimate of drug-likeness (QED) is 0.260. The number of hydrogen-bond acceptors (Lipinski definition) is 6. The molecule has 8 N–H and O–H groups in total. The summed E-state index contributed by atoms with van der Waals surface area (Å²) in [6.45, 7) is -1.25. The van der Waals surface area contributed by atoms with Crippen LogP contribution < -0.4 is 22.1 Å². The highest BCUT2D eigenvalue weighted by atomic mass is 16.4. The monoisotopic (exact) mass is 276 g/mol. The van der Waals surface area contributed by atoms with Gasteiger partial charge >= 0.3 is 5.97 Å². The number of aliphatic hydroxyl groups is 1. The highest BCUT2D eigenvalue weighted by Crippen LogP contribution is 1.94. The molecule has 0 aromatic carbocycles. The first-order chi connectivity index (χ1) is 8.81. The lowest BCUT2D eigenvalue weighted by atomic mass is 10.1. The van der Waals surface area contributed by atoms with Crippen LogP contribution in [-0.2, 0) is 19.2 Å². The van der Waals surface area contributed by atoms with Crippen LogP contribution in [0.3, 0.4) is 0 Å². The molecule has 10 nitrogen and oxygen atoms in total. The van der Waals surface area contributed by atoms with Gasteiger partial charge in [-0.3, -0.25) is 14.4 Å². The fourth-order valence-corrected chi connectivity index (χ4v) is 1.12. The lowest BCUT2D eigenvalue weighted by molar-refractivity contribution is -0.143. The number of aliphatic hydroxyl groups excluding tert-OH is 1. The zero-order valence-electron chi connectivity index (χ0n) is 9.96. The van der Waals surface area contributed by atoms with Gasteiger partial charge < -0.3 is 32.3 Å². The van der Waals surface area contributed by atoms with E-state index in [0.29, 0.717) is 0 Å². The maximum absolute atomic E-state index is 11.7. The molecule has 0 bridgehead atoms. The minimum atomic E-state index is -1.54. The Morgan fingerprint density at radius 3 is 2.05 bits per heavy atom. The molecule has 0 aliphatic carbocycles. The third-order valence-corrected chi connectivity index (χ3v) is 2.04. The summed E-state index contributed by atoms with van der Waals surface area (Å²) in [5.74, 6) is -3.99. The molecular formula is C9H16N4O6. The van der Waals surface area contributed by atoms with Gasteiger partial charge in [0.15, 0.2) is 0 Å². The fraction of sp³-hybridized carbons (Fsp3) is 0.556. The molecule has 0 radical (unpaired) electrons. The third kappa shape index (κ3) is 6.33. The second-order valence-corrected chi connectivity index (χ2v) is 3.58. The van der Waals surface area contributed by atoms with E-state index >= 15 is 0 Å². The van der Waals surface area contributed by atoms with Crippen molar-refractivity contribution in [2.45, 2.75) is 18.5 Å². The van der Waals surface area contributed by atoms with Crippen LogP contribution in [0.2, 0.25) is 0 Å². The molecule has 0 aromatic rings. The first-order valence-corrected chi connectivity index (χ1v) is 5.23. The molecule has 0 spiro atoms. The van der Waals surface area contributed by atoms with Gasteiger partial charge in [0.25, 0.3) is 0 Å². The van der Waals surface area contributed by atoms with Crippen LogP contribution in [0.4, 0.5) is 0 Å². The van der Waals surface area contributed by atoms with E-state index in [1.165, 1.54) is 0 Å². The van der Waals surface area contributed by atoms with E-state index in [1.807, 2.05) is 5.32 Å². The lowest BCUT2D eigenvalue weighted by Gasteiger charge is -2.19. The van der Waals surface area contributed by atoms with Gasteiger partial charge in [-0.2, -0.15) is 0 Å². The van der Waals surface area contributed by atoms with Crippen molar-refractivity contribution in [1.29, 1.82) is 0 Å². The van der Waals surface area contributed by atoms with Gasteiger partial charge in [0.2, 0.25) is 17.7 Å². The molecule has 3 amide bonds. The highest BCUT2D eigenvalue weighted by Gasteiger charge is 2.26. The Balaban J connectivity index is 4.74. The summed E-state index contributed by atoms with van der Waals surface area (Å²) in [5.41, 5.74) is 9.94. The summed E-state index contributed by atoms with van der Waals surface area (Å²) in [7, 11) is 0. The zero-order chi connectivity index (χ0) is 15.0. The Kier molecular flexibility index (Phi) is 7.07. The van der Waals surface area contributed by atoms with Crippen LogP contribution >= 0.6 is 0 Å². The molecule has 19 heavy (non-hydrogen) atoms. The molecular weight excluding hydrogens is 260 g/mol. The molecule has 0 fully saturated rings. The fourth-order valence-electron chi connectivity index (χ4n) is 1.12. The van der Waals surface area contributed by atoms with Crippen molar-refractivity contribution in [2.24, 2.45) is 11.5 Å². The van der Waals surface area contributed by atoms with Crippen LogP contribution in [-0.4, -0.2) is 59.1 Å². The van der Waals surface area contributed by atoms with Crippen molar-refractivity contribution in [3.63, 3.8) is 0 Å². The number of nitrogens with two attached hydrogens (primary N) is 2. The van der Waals surface area contributed by atoms with E-state index in [2.05, 4.69) is 5.32 Å². The molecule has 0 unspecified atom stereocenters. The summed E-state index contributed by atoms with van der Waals surface area (Å²) >= 11 is 0. The first kappa shape index (κ1) is 16.8. The summed E-state index contributed by atoms with van der Waals surface area (Å²) in [4.78, 5) is 44.1. The van der Waals surface area contributed by atoms with Gasteiger partial charge in [-0.1, -0.05) is 0 Å². The number of carboxylic acids is 1. The average molecular weight is 276 g/mol. The van der Waals surface area contributed by atoms with E-state index in [0.717, 1.165) is 0 Å². The number of carbonyl (C=O) groups excluding carboxylic acids is 3. The predicted molar refractivity (Wildman–Crippen MR) is 61.4 cm³/mol. The molecule has 10 heteroatoms. The summed E-state index contributed by atoms with van der Waals surface area (Å²) in [6.07, 6.45) is -0.519. The van der Waals surface area contributed by atoms with E-state index in [9.17, 15) is 19.2 Å². The number of carboxylic acid groups (broad SMARTS) is 1. The number of carbonyl (C=O) groups is 4. The van der Waals surface area contributed by atoms with Crippen molar-refractivity contribution < 1.29 is 29.4 Å². The van der Waals surface area contributed by atoms with E-state index in [1.54, 1.807) is 0 Å². The number of nitrogens with one attached hydrogen (secondary N) is 2. The van der Waals surface area contributed by atoms with E-state index in [-0.39, 0.29) is 0 Å². The molecule has 0 aromatic heterocycles. The second-order valence-electron chi connectivity index (χ2n) is 3.58. The Morgan fingerprint density at radius 1 is 1.11 bits per heavy atom. The molecule has 108 valence electrons. The highest BCUT2D eigenvalue weighted by molar-refractivity contribution is 5.93. The van der Waals surface area contributed by atoms with Gasteiger partial charge in [0, 0.05) is 0 Å². The Morgan fingerprint density at radius 2 is 1.68 bits per heavy atom. The molecule has 0 saturated heterocycles. The van der Waals surface area contributed by atoms with Gasteiger partial charge in [0.05, 0.1) is 19.6 Å². The van der Waals surface area contributed by atoms with E-state index in [4.69, 9.17) is 21.7 Å². The van der Waals surface area contributed by atoms with Gasteiger partial charge in [0.1, 0.15) is 12.1 Å². The zero-order valence-corrected chi connectivity index (χ0v) is 9.96. The number of primary amides is 1. The third-order valence-electron chi connectivity index (χ3n) is 2.04. The van der Waals surface area contributed by atoms with Crippen LogP contribution in [0, 0.1) is 0 Å².